The Bertz CT molecular complexity index is 1700. The maximum Gasteiger partial charge on any atom is 0.253 e. The summed E-state index contributed by atoms with van der Waals surface area (Å²) in [5, 5.41) is 10.9. The average Bonchev–Trinajstić information content (AvgIpc) is 3.80. The topological polar surface area (TPSA) is 109 Å². The summed E-state index contributed by atoms with van der Waals surface area (Å²) in [6, 6.07) is 22.1. The van der Waals surface area contributed by atoms with Gasteiger partial charge in [0, 0.05) is 24.5 Å². The summed E-state index contributed by atoms with van der Waals surface area (Å²) in [6.07, 6.45) is 3.97. The van der Waals surface area contributed by atoms with Crippen molar-refractivity contribution in [2.24, 2.45) is 11.8 Å². The van der Waals surface area contributed by atoms with Crippen molar-refractivity contribution >= 4 is 29.1 Å². The summed E-state index contributed by atoms with van der Waals surface area (Å²) in [7, 11) is 1.57. The van der Waals surface area contributed by atoms with Crippen LogP contribution in [-0.2, 0) is 25.5 Å². The number of anilines is 2. The molecule has 6 rings (SSSR count). The van der Waals surface area contributed by atoms with Crippen LogP contribution >= 0.6 is 0 Å². The molecule has 3 aliphatic heterocycles. The number of fused-ring (bicyclic) bond motifs is 1. The molecule has 10 heteroatoms. The fourth-order valence-electron chi connectivity index (χ4n) is 8.06. The van der Waals surface area contributed by atoms with Gasteiger partial charge < -0.3 is 34.0 Å². The number of benzene rings is 3. The molecule has 3 heterocycles. The van der Waals surface area contributed by atoms with Gasteiger partial charge in [-0.05, 0) is 80.3 Å². The lowest BCUT2D eigenvalue weighted by Crippen LogP contribution is -2.59. The zero-order chi connectivity index (χ0) is 35.4. The minimum absolute atomic E-state index is 0.170. The van der Waals surface area contributed by atoms with E-state index in [-0.39, 0.29) is 37.4 Å². The predicted molar refractivity (Wildman–Crippen MR) is 191 cm³/mol. The van der Waals surface area contributed by atoms with Gasteiger partial charge in [-0.2, -0.15) is 0 Å². The molecule has 3 aliphatic rings. The molecular formula is C40H45N3O7. The number of aliphatic hydroxyl groups is 1. The predicted octanol–water partition coefficient (Wildman–Crippen LogP) is 4.81. The smallest absolute Gasteiger partial charge is 0.253 e. The van der Waals surface area contributed by atoms with E-state index in [1.807, 2.05) is 49.4 Å². The number of likely N-dealkylation sites (tertiary alicyclic amines) is 1. The third kappa shape index (κ3) is 6.18. The second-order valence-electron chi connectivity index (χ2n) is 12.9. The molecule has 0 aliphatic carbocycles. The van der Waals surface area contributed by atoms with Crippen molar-refractivity contribution in [3.8, 4) is 11.5 Å². The van der Waals surface area contributed by atoms with Gasteiger partial charge in [-0.1, -0.05) is 42.5 Å². The Kier molecular flexibility index (Phi) is 10.4. The first-order valence-electron chi connectivity index (χ1n) is 17.2. The molecule has 3 amide bonds. The van der Waals surface area contributed by atoms with Crippen molar-refractivity contribution in [1.82, 2.24) is 4.90 Å². The molecule has 2 unspecified atom stereocenters. The van der Waals surface area contributed by atoms with E-state index in [2.05, 4.69) is 13.2 Å². The number of nitrogens with zero attached hydrogens (tertiary/aromatic N) is 3. The Balaban J connectivity index is 1.42. The van der Waals surface area contributed by atoms with Gasteiger partial charge >= 0.3 is 0 Å². The number of aliphatic hydroxyl groups excluding tert-OH is 1. The molecule has 3 aromatic carbocycles. The molecule has 3 fully saturated rings. The van der Waals surface area contributed by atoms with E-state index >= 15 is 4.79 Å². The molecule has 10 nitrogen and oxygen atoms in total. The molecule has 3 aromatic rings. The Labute approximate surface area is 293 Å². The molecule has 0 aromatic heterocycles. The zero-order valence-electron chi connectivity index (χ0n) is 28.6. The van der Waals surface area contributed by atoms with E-state index in [1.165, 1.54) is 4.90 Å². The van der Waals surface area contributed by atoms with Crippen LogP contribution in [0.2, 0.25) is 0 Å². The third-order valence-corrected chi connectivity index (χ3v) is 10.2. The third-order valence-electron chi connectivity index (χ3n) is 10.2. The zero-order valence-corrected chi connectivity index (χ0v) is 28.6. The lowest BCUT2D eigenvalue weighted by Gasteiger charge is -2.39. The van der Waals surface area contributed by atoms with Gasteiger partial charge in [0.1, 0.15) is 23.1 Å². The monoisotopic (exact) mass is 679 g/mol. The largest absolute Gasteiger partial charge is 0.497 e. The van der Waals surface area contributed by atoms with Crippen molar-refractivity contribution in [2.45, 2.75) is 50.0 Å². The second kappa shape index (κ2) is 14.9. The van der Waals surface area contributed by atoms with Crippen molar-refractivity contribution in [3.63, 3.8) is 0 Å². The first-order chi connectivity index (χ1) is 24.3. The highest BCUT2D eigenvalue weighted by Crippen LogP contribution is 2.59. The van der Waals surface area contributed by atoms with E-state index in [4.69, 9.17) is 14.2 Å². The number of ether oxygens (including phenoxy) is 3. The Morgan fingerprint density at radius 1 is 0.960 bits per heavy atom. The van der Waals surface area contributed by atoms with Crippen LogP contribution in [0.3, 0.4) is 0 Å². The minimum atomic E-state index is -1.27. The van der Waals surface area contributed by atoms with Gasteiger partial charge in [0.15, 0.2) is 0 Å². The van der Waals surface area contributed by atoms with E-state index < -0.39 is 35.6 Å². The Hall–Kier alpha value is -4.93. The summed E-state index contributed by atoms with van der Waals surface area (Å²) in [5.41, 5.74) is 0.871. The molecular weight excluding hydrogens is 634 g/mol. The molecule has 0 saturated carbocycles. The van der Waals surface area contributed by atoms with Crippen LogP contribution in [0.4, 0.5) is 11.4 Å². The van der Waals surface area contributed by atoms with Crippen LogP contribution < -0.4 is 19.3 Å². The fourth-order valence-corrected chi connectivity index (χ4v) is 8.06. The molecule has 0 radical (unpaired) electrons. The van der Waals surface area contributed by atoms with Crippen LogP contribution in [0, 0.1) is 11.8 Å². The number of methoxy groups -OCH3 is 1. The van der Waals surface area contributed by atoms with Crippen molar-refractivity contribution in [2.75, 3.05) is 43.2 Å². The number of rotatable bonds is 15. The maximum atomic E-state index is 15.0. The summed E-state index contributed by atoms with van der Waals surface area (Å²) >= 11 is 0. The van der Waals surface area contributed by atoms with Gasteiger partial charge in [-0.25, -0.2) is 0 Å². The first-order valence-corrected chi connectivity index (χ1v) is 17.2. The molecule has 50 heavy (non-hydrogen) atoms. The Morgan fingerprint density at radius 3 is 2.12 bits per heavy atom. The SMILES string of the molecule is C=CCN(C(=O)C1N([C@@H](CO)Cc2ccccc2)C(=O)[C@@H]2[C@@H](C(=O)N(CC=C)c3ccc(OCC)cc3)[C@H]3CCC12O3)c1ccc(OC)cc1. The molecule has 6 atom stereocenters. The molecule has 1 N–H and O–H groups in total. The maximum absolute atomic E-state index is 15.0. The van der Waals surface area contributed by atoms with Crippen LogP contribution in [0.1, 0.15) is 25.3 Å². The standard InChI is InChI=1S/C40H45N3O7/c1-5-23-41(28-15-19-32(20-16-28)49-7-3)37(45)34-33-21-22-40(50-33)35(34)38(46)43(30(26-44)25-27-11-9-8-10-12-27)36(40)39(47)42(24-6-2)29-13-17-31(48-4)18-14-29/h5-6,8-20,30,33-36,44H,1-2,7,21-26H2,3-4H3/t30-,33-,34+,35+,36?,40?/m1/s1. The highest BCUT2D eigenvalue weighted by atomic mass is 16.5. The van der Waals surface area contributed by atoms with Crippen molar-refractivity contribution in [3.05, 3.63) is 110 Å². The highest BCUT2D eigenvalue weighted by molar-refractivity contribution is 6.06. The van der Waals surface area contributed by atoms with E-state index in [9.17, 15) is 14.7 Å². The normalized spacial score (nSPS) is 24.0. The van der Waals surface area contributed by atoms with Gasteiger partial charge in [-0.3, -0.25) is 14.4 Å². The summed E-state index contributed by atoms with van der Waals surface area (Å²) in [4.78, 5) is 49.4. The molecule has 1 spiro atoms. The van der Waals surface area contributed by atoms with E-state index in [0.29, 0.717) is 48.7 Å². The summed E-state index contributed by atoms with van der Waals surface area (Å²) in [6.45, 7) is 10.2. The lowest BCUT2D eigenvalue weighted by molar-refractivity contribution is -0.144. The quantitative estimate of drug-likeness (QED) is 0.230. The number of hydrogen-bond donors (Lipinski definition) is 1. The number of amides is 3. The van der Waals surface area contributed by atoms with Crippen LogP contribution in [0.15, 0.2) is 104 Å². The molecule has 3 saturated heterocycles. The Morgan fingerprint density at radius 2 is 1.56 bits per heavy atom. The molecule has 2 bridgehead atoms. The number of carbonyl (C=O) groups is 3. The van der Waals surface area contributed by atoms with Crippen LogP contribution in [-0.4, -0.2) is 84.9 Å². The average molecular weight is 680 g/mol. The van der Waals surface area contributed by atoms with Gasteiger partial charge in [0.2, 0.25) is 11.8 Å². The lowest BCUT2D eigenvalue weighted by atomic mass is 9.70. The van der Waals surface area contributed by atoms with Gasteiger partial charge in [-0.15, -0.1) is 13.2 Å². The van der Waals surface area contributed by atoms with E-state index in [0.717, 1.165) is 5.56 Å². The van der Waals surface area contributed by atoms with E-state index in [1.54, 1.807) is 65.5 Å². The van der Waals surface area contributed by atoms with Crippen LogP contribution in [0.5, 0.6) is 11.5 Å². The summed E-state index contributed by atoms with van der Waals surface area (Å²) in [5.74, 6) is -1.44. The minimum Gasteiger partial charge on any atom is -0.497 e. The van der Waals surface area contributed by atoms with Crippen LogP contribution in [0.25, 0.3) is 0 Å². The molecule has 262 valence electrons. The fraction of sp³-hybridized carbons (Fsp3) is 0.375. The first kappa shape index (κ1) is 34.9. The van der Waals surface area contributed by atoms with Crippen molar-refractivity contribution < 1.29 is 33.7 Å². The number of carbonyl (C=O) groups excluding carboxylic acids is 3. The second-order valence-corrected chi connectivity index (χ2v) is 12.9. The van der Waals surface area contributed by atoms with Gasteiger partial charge in [0.05, 0.1) is 44.3 Å². The highest BCUT2D eigenvalue weighted by Gasteiger charge is 2.75. The van der Waals surface area contributed by atoms with Gasteiger partial charge in [0.25, 0.3) is 5.91 Å². The number of hydrogen-bond acceptors (Lipinski definition) is 7. The summed E-state index contributed by atoms with van der Waals surface area (Å²) < 4.78 is 17.7. The van der Waals surface area contributed by atoms with Crippen molar-refractivity contribution in [1.29, 1.82) is 0 Å².